The van der Waals surface area contributed by atoms with E-state index in [1.165, 1.54) is 25.9 Å². The lowest BCUT2D eigenvalue weighted by molar-refractivity contribution is 0.0975. The Morgan fingerprint density at radius 2 is 1.65 bits per heavy atom. The van der Waals surface area contributed by atoms with Crippen LogP contribution in [0.3, 0.4) is 0 Å². The summed E-state index contributed by atoms with van der Waals surface area (Å²) in [6, 6.07) is 14.7. The molecule has 4 aliphatic rings. The highest BCUT2D eigenvalue weighted by Gasteiger charge is 2.34. The predicted molar refractivity (Wildman–Crippen MR) is 91.9 cm³/mol. The minimum Gasteiger partial charge on any atom is -0.381 e. The van der Waals surface area contributed by atoms with Crippen molar-refractivity contribution in [3.8, 4) is 11.1 Å². The van der Waals surface area contributed by atoms with Crippen LogP contribution in [0.5, 0.6) is 0 Å². The fraction of sp³-hybridized carbons (Fsp3) is 0.350. The Hall–Kier alpha value is -2.13. The maximum absolute atomic E-state index is 12.6. The van der Waals surface area contributed by atoms with Gasteiger partial charge >= 0.3 is 0 Å². The molecule has 1 unspecified atom stereocenters. The zero-order valence-electron chi connectivity index (χ0n) is 13.1. The Balaban J connectivity index is 1.45. The van der Waals surface area contributed by atoms with Gasteiger partial charge in [-0.1, -0.05) is 30.3 Å². The largest absolute Gasteiger partial charge is 0.381 e. The van der Waals surface area contributed by atoms with Crippen molar-refractivity contribution in [1.82, 2.24) is 4.90 Å². The van der Waals surface area contributed by atoms with Gasteiger partial charge in [0.2, 0.25) is 0 Å². The highest BCUT2D eigenvalue weighted by atomic mass is 16.1. The summed E-state index contributed by atoms with van der Waals surface area (Å²) in [4.78, 5) is 15.2. The standard InChI is InChI=1S/C20H20N2O/c23-20-17-4-2-1-3-15(17)16-6-5-14(11-18(16)20)21-19-12-22-9-7-13(19)8-10-22/h1-6,11,13,19,21H,7-10,12H2. The molecule has 1 atom stereocenters. The molecule has 3 aliphatic heterocycles. The van der Waals surface area contributed by atoms with Crippen LogP contribution in [0.4, 0.5) is 5.69 Å². The van der Waals surface area contributed by atoms with E-state index in [4.69, 9.17) is 0 Å². The molecule has 0 aromatic heterocycles. The van der Waals surface area contributed by atoms with Gasteiger partial charge in [-0.3, -0.25) is 4.79 Å². The third-order valence-electron chi connectivity index (χ3n) is 5.73. The summed E-state index contributed by atoms with van der Waals surface area (Å²) in [6.07, 6.45) is 2.60. The van der Waals surface area contributed by atoms with Gasteiger partial charge in [0.1, 0.15) is 0 Å². The smallest absolute Gasteiger partial charge is 0.194 e. The van der Waals surface area contributed by atoms with Gasteiger partial charge in [0.25, 0.3) is 0 Å². The first-order valence-electron chi connectivity index (χ1n) is 8.56. The minimum absolute atomic E-state index is 0.160. The number of nitrogens with zero attached hydrogens (tertiary/aromatic N) is 1. The first kappa shape index (κ1) is 13.3. The van der Waals surface area contributed by atoms with E-state index < -0.39 is 0 Å². The molecular weight excluding hydrogens is 284 g/mol. The van der Waals surface area contributed by atoms with Crippen molar-refractivity contribution in [1.29, 1.82) is 0 Å². The van der Waals surface area contributed by atoms with Crippen LogP contribution in [0, 0.1) is 5.92 Å². The summed E-state index contributed by atoms with van der Waals surface area (Å²) in [5.41, 5.74) is 4.91. The van der Waals surface area contributed by atoms with Crippen molar-refractivity contribution < 1.29 is 4.79 Å². The van der Waals surface area contributed by atoms with E-state index in [0.29, 0.717) is 6.04 Å². The number of benzene rings is 2. The van der Waals surface area contributed by atoms with Crippen molar-refractivity contribution in [3.05, 3.63) is 53.6 Å². The number of fused-ring (bicyclic) bond motifs is 6. The van der Waals surface area contributed by atoms with Crippen LogP contribution in [0.2, 0.25) is 0 Å². The molecule has 3 nitrogen and oxygen atoms in total. The van der Waals surface area contributed by atoms with Crippen molar-refractivity contribution in [3.63, 3.8) is 0 Å². The molecule has 0 radical (unpaired) electrons. The van der Waals surface area contributed by atoms with E-state index in [0.717, 1.165) is 40.4 Å². The Bertz CT molecular complexity index is 790. The van der Waals surface area contributed by atoms with E-state index in [1.807, 2.05) is 24.3 Å². The van der Waals surface area contributed by atoms with Gasteiger partial charge in [-0.2, -0.15) is 0 Å². The average molecular weight is 304 g/mol. The van der Waals surface area contributed by atoms with Gasteiger partial charge in [-0.05, 0) is 55.1 Å². The van der Waals surface area contributed by atoms with Crippen molar-refractivity contribution in [2.45, 2.75) is 18.9 Å². The number of anilines is 1. The van der Waals surface area contributed by atoms with Crippen LogP contribution in [-0.2, 0) is 0 Å². The topological polar surface area (TPSA) is 32.3 Å². The molecule has 6 rings (SSSR count). The number of nitrogens with one attached hydrogen (secondary N) is 1. The molecule has 0 spiro atoms. The quantitative estimate of drug-likeness (QED) is 0.787. The summed E-state index contributed by atoms with van der Waals surface area (Å²) in [5.74, 6) is 0.939. The molecule has 23 heavy (non-hydrogen) atoms. The molecule has 2 aromatic rings. The van der Waals surface area contributed by atoms with E-state index in [9.17, 15) is 4.79 Å². The third kappa shape index (κ3) is 2.03. The molecule has 2 bridgehead atoms. The summed E-state index contributed by atoms with van der Waals surface area (Å²) in [5, 5.41) is 3.70. The molecule has 0 amide bonds. The number of ketones is 1. The first-order valence-corrected chi connectivity index (χ1v) is 8.56. The normalized spacial score (nSPS) is 27.7. The molecule has 2 aromatic carbocycles. The maximum atomic E-state index is 12.6. The fourth-order valence-corrected chi connectivity index (χ4v) is 4.46. The second-order valence-electron chi connectivity index (χ2n) is 7.02. The van der Waals surface area contributed by atoms with Crippen molar-refractivity contribution in [2.75, 3.05) is 25.0 Å². The molecule has 3 heteroatoms. The second kappa shape index (κ2) is 4.93. The molecular formula is C20H20N2O. The molecule has 0 saturated carbocycles. The Kier molecular flexibility index (Phi) is 2.86. The molecule has 3 fully saturated rings. The predicted octanol–water partition coefficient (Wildman–Crippen LogP) is 3.40. The second-order valence-corrected chi connectivity index (χ2v) is 7.02. The fourth-order valence-electron chi connectivity index (χ4n) is 4.46. The zero-order valence-corrected chi connectivity index (χ0v) is 13.1. The summed E-state index contributed by atoms with van der Waals surface area (Å²) in [7, 11) is 0. The molecule has 3 heterocycles. The zero-order chi connectivity index (χ0) is 15.4. The van der Waals surface area contributed by atoms with Crippen LogP contribution in [0.15, 0.2) is 42.5 Å². The van der Waals surface area contributed by atoms with Crippen molar-refractivity contribution in [2.24, 2.45) is 5.92 Å². The highest BCUT2D eigenvalue weighted by molar-refractivity contribution is 6.22. The lowest BCUT2D eigenvalue weighted by Gasteiger charge is -2.45. The lowest BCUT2D eigenvalue weighted by Crippen LogP contribution is -2.53. The van der Waals surface area contributed by atoms with Crippen LogP contribution >= 0.6 is 0 Å². The number of carbonyl (C=O) groups is 1. The van der Waals surface area contributed by atoms with Crippen LogP contribution in [-0.4, -0.2) is 36.4 Å². The minimum atomic E-state index is 0.160. The van der Waals surface area contributed by atoms with Gasteiger partial charge in [-0.15, -0.1) is 0 Å². The van der Waals surface area contributed by atoms with Gasteiger partial charge in [0.15, 0.2) is 5.78 Å². The Labute approximate surface area is 136 Å². The lowest BCUT2D eigenvalue weighted by atomic mass is 9.84. The molecule has 116 valence electrons. The summed E-state index contributed by atoms with van der Waals surface area (Å²) >= 11 is 0. The number of carbonyl (C=O) groups excluding carboxylic acids is 1. The molecule has 1 aliphatic carbocycles. The number of piperidine rings is 3. The number of hydrogen-bond donors (Lipinski definition) is 1. The van der Waals surface area contributed by atoms with Crippen LogP contribution in [0.1, 0.15) is 28.8 Å². The van der Waals surface area contributed by atoms with E-state index in [1.54, 1.807) is 0 Å². The Morgan fingerprint density at radius 1 is 0.913 bits per heavy atom. The maximum Gasteiger partial charge on any atom is 0.194 e. The highest BCUT2D eigenvalue weighted by Crippen LogP contribution is 2.38. The summed E-state index contributed by atoms with van der Waals surface area (Å²) in [6.45, 7) is 3.64. The van der Waals surface area contributed by atoms with E-state index in [2.05, 4.69) is 28.4 Å². The first-order chi connectivity index (χ1) is 11.3. The van der Waals surface area contributed by atoms with Gasteiger partial charge in [0, 0.05) is 29.4 Å². The molecule has 3 saturated heterocycles. The van der Waals surface area contributed by atoms with E-state index in [-0.39, 0.29) is 5.78 Å². The monoisotopic (exact) mass is 304 g/mol. The number of hydrogen-bond acceptors (Lipinski definition) is 3. The van der Waals surface area contributed by atoms with Crippen molar-refractivity contribution >= 4 is 11.5 Å². The SMILES string of the molecule is O=C1c2ccccc2-c2ccc(NC3CN4CCC3CC4)cc21. The van der Waals surface area contributed by atoms with Crippen LogP contribution in [0.25, 0.3) is 11.1 Å². The number of rotatable bonds is 2. The molecule has 1 N–H and O–H groups in total. The third-order valence-corrected chi connectivity index (χ3v) is 5.73. The Morgan fingerprint density at radius 3 is 2.39 bits per heavy atom. The van der Waals surface area contributed by atoms with Gasteiger partial charge in [-0.25, -0.2) is 0 Å². The van der Waals surface area contributed by atoms with Gasteiger partial charge < -0.3 is 10.2 Å². The summed E-state index contributed by atoms with van der Waals surface area (Å²) < 4.78 is 0. The average Bonchev–Trinajstić information content (AvgIpc) is 2.89. The van der Waals surface area contributed by atoms with Gasteiger partial charge in [0.05, 0.1) is 0 Å². The van der Waals surface area contributed by atoms with Crippen LogP contribution < -0.4 is 5.32 Å². The van der Waals surface area contributed by atoms with E-state index >= 15 is 0 Å².